The maximum Gasteiger partial charge on any atom is 0.0782 e. The van der Waals surface area contributed by atoms with Crippen LogP contribution in [0.25, 0.3) is 49.7 Å². The number of fused-ring (bicyclic) bond motifs is 13. The molecule has 2 aliphatic rings. The molecule has 10 aromatic carbocycles. The molecule has 0 bridgehead atoms. The van der Waals surface area contributed by atoms with Crippen molar-refractivity contribution >= 4 is 55.9 Å². The van der Waals surface area contributed by atoms with E-state index < -0.39 is 5.41 Å². The van der Waals surface area contributed by atoms with Gasteiger partial charge in [-0.15, -0.1) is 0 Å². The van der Waals surface area contributed by atoms with E-state index in [1.807, 2.05) is 0 Å². The highest BCUT2D eigenvalue weighted by Gasteiger charge is 2.51. The molecule has 11 aromatic rings. The number of para-hydroxylation sites is 6. The van der Waals surface area contributed by atoms with Crippen molar-refractivity contribution in [1.82, 2.24) is 4.57 Å². The van der Waals surface area contributed by atoms with E-state index in [1.54, 1.807) is 0 Å². The molecule has 3 nitrogen and oxygen atoms in total. The molecule has 0 saturated heterocycles. The second-order valence-corrected chi connectivity index (χ2v) is 16.8. The van der Waals surface area contributed by atoms with Gasteiger partial charge in [-0.25, -0.2) is 0 Å². The fourth-order valence-electron chi connectivity index (χ4n) is 11.0. The van der Waals surface area contributed by atoms with Crippen molar-refractivity contribution in [2.45, 2.75) is 5.41 Å². The molecule has 0 N–H and O–H groups in total. The molecule has 2 aliphatic carbocycles. The largest absolute Gasteiger partial charge is 0.310 e. The summed E-state index contributed by atoms with van der Waals surface area (Å²) in [5.41, 5.74) is 20.1. The van der Waals surface area contributed by atoms with E-state index in [2.05, 4.69) is 263 Å². The first-order valence-corrected chi connectivity index (χ1v) is 22.1. The van der Waals surface area contributed by atoms with Crippen LogP contribution in [0.3, 0.4) is 0 Å². The Morgan fingerprint density at radius 2 is 0.734 bits per heavy atom. The number of anilines is 6. The minimum atomic E-state index is -0.490. The summed E-state index contributed by atoms with van der Waals surface area (Å²) in [6.07, 6.45) is 0. The van der Waals surface area contributed by atoms with Crippen molar-refractivity contribution in [2.24, 2.45) is 0 Å². The summed E-state index contributed by atoms with van der Waals surface area (Å²) in [4.78, 5) is 4.83. The summed E-state index contributed by atoms with van der Waals surface area (Å²) in [6.45, 7) is 0. The summed E-state index contributed by atoms with van der Waals surface area (Å²) in [6, 6.07) is 91.1. The predicted octanol–water partition coefficient (Wildman–Crippen LogP) is 16.1. The standard InChI is InChI=1S/C61H41N3/c1-5-20-42(21-6-1)62(43-22-7-2-8-23-43)46-36-38-56-52(40-46)48-28-13-16-32-54(48)61(56)55-33-17-14-29-49(55)53-41-47(37-39-57(53)61)63(44-24-9-3-10-25-44)59-35-19-31-51-50-30-15-18-34-58(50)64(60(51)59)45-26-11-4-12-27-45/h1-41H. The van der Waals surface area contributed by atoms with Crippen LogP contribution in [-0.2, 0) is 5.41 Å². The smallest absolute Gasteiger partial charge is 0.0782 e. The van der Waals surface area contributed by atoms with Gasteiger partial charge in [0, 0.05) is 44.9 Å². The summed E-state index contributed by atoms with van der Waals surface area (Å²) in [5, 5.41) is 2.46. The zero-order valence-corrected chi connectivity index (χ0v) is 35.0. The molecule has 1 spiro atoms. The van der Waals surface area contributed by atoms with E-state index in [0.717, 1.165) is 39.8 Å². The molecule has 1 unspecified atom stereocenters. The van der Waals surface area contributed by atoms with Gasteiger partial charge in [0.05, 0.1) is 22.1 Å². The van der Waals surface area contributed by atoms with Gasteiger partial charge in [-0.2, -0.15) is 0 Å². The number of benzene rings is 10. The molecule has 13 rings (SSSR count). The summed E-state index contributed by atoms with van der Waals surface area (Å²) in [7, 11) is 0. The minimum absolute atomic E-state index is 0.490. The molecule has 1 aromatic heterocycles. The number of hydrogen-bond acceptors (Lipinski definition) is 2. The Morgan fingerprint density at radius 3 is 1.31 bits per heavy atom. The lowest BCUT2D eigenvalue weighted by molar-refractivity contribution is 0.794. The Morgan fingerprint density at radius 1 is 0.297 bits per heavy atom. The molecule has 0 fully saturated rings. The van der Waals surface area contributed by atoms with Gasteiger partial charge in [-0.3, -0.25) is 0 Å². The van der Waals surface area contributed by atoms with E-state index in [0.29, 0.717) is 0 Å². The highest BCUT2D eigenvalue weighted by molar-refractivity contribution is 6.14. The quantitative estimate of drug-likeness (QED) is 0.159. The normalized spacial score (nSPS) is 14.3. The van der Waals surface area contributed by atoms with E-state index in [1.165, 1.54) is 66.3 Å². The average molecular weight is 816 g/mol. The second-order valence-electron chi connectivity index (χ2n) is 16.8. The highest BCUT2D eigenvalue weighted by Crippen LogP contribution is 2.64. The van der Waals surface area contributed by atoms with E-state index in [-0.39, 0.29) is 0 Å². The van der Waals surface area contributed by atoms with Gasteiger partial charge < -0.3 is 14.4 Å². The molecule has 3 heteroatoms. The van der Waals surface area contributed by atoms with Gasteiger partial charge in [0.25, 0.3) is 0 Å². The van der Waals surface area contributed by atoms with Crippen LogP contribution in [0.4, 0.5) is 34.1 Å². The fraction of sp³-hybridized carbons (Fsp3) is 0.0164. The van der Waals surface area contributed by atoms with Gasteiger partial charge in [0.1, 0.15) is 0 Å². The number of hydrogen-bond donors (Lipinski definition) is 0. The zero-order valence-electron chi connectivity index (χ0n) is 35.0. The third kappa shape index (κ3) is 5.22. The molecule has 300 valence electrons. The fourth-order valence-corrected chi connectivity index (χ4v) is 11.0. The topological polar surface area (TPSA) is 11.4 Å². The van der Waals surface area contributed by atoms with Crippen LogP contribution in [0.5, 0.6) is 0 Å². The Kier molecular flexibility index (Phi) is 8.13. The lowest BCUT2D eigenvalue weighted by Crippen LogP contribution is -2.26. The molecular formula is C61H41N3. The van der Waals surface area contributed by atoms with E-state index in [9.17, 15) is 0 Å². The molecule has 1 atom stereocenters. The molecular weight excluding hydrogens is 775 g/mol. The predicted molar refractivity (Wildman–Crippen MR) is 266 cm³/mol. The van der Waals surface area contributed by atoms with Crippen molar-refractivity contribution < 1.29 is 0 Å². The van der Waals surface area contributed by atoms with Crippen LogP contribution >= 0.6 is 0 Å². The van der Waals surface area contributed by atoms with E-state index in [4.69, 9.17) is 0 Å². The van der Waals surface area contributed by atoms with Gasteiger partial charge >= 0.3 is 0 Å². The number of rotatable bonds is 7. The molecule has 0 amide bonds. The molecule has 64 heavy (non-hydrogen) atoms. The number of nitrogens with zero attached hydrogens (tertiary/aromatic N) is 3. The van der Waals surface area contributed by atoms with Gasteiger partial charge in [0.15, 0.2) is 0 Å². The van der Waals surface area contributed by atoms with Crippen LogP contribution < -0.4 is 9.80 Å². The summed E-state index contributed by atoms with van der Waals surface area (Å²) in [5.74, 6) is 0. The average Bonchev–Trinajstić information content (AvgIpc) is 3.97. The van der Waals surface area contributed by atoms with Gasteiger partial charge in [-0.1, -0.05) is 164 Å². The van der Waals surface area contributed by atoms with Crippen molar-refractivity contribution in [3.05, 3.63) is 271 Å². The Bertz CT molecular complexity index is 3520. The molecule has 1 heterocycles. The van der Waals surface area contributed by atoms with Crippen molar-refractivity contribution in [2.75, 3.05) is 9.80 Å². The van der Waals surface area contributed by atoms with Crippen molar-refractivity contribution in [3.63, 3.8) is 0 Å². The van der Waals surface area contributed by atoms with Gasteiger partial charge in [-0.05, 0) is 129 Å². The molecule has 0 radical (unpaired) electrons. The van der Waals surface area contributed by atoms with E-state index >= 15 is 0 Å². The van der Waals surface area contributed by atoms with Crippen LogP contribution in [-0.4, -0.2) is 4.57 Å². The summed E-state index contributed by atoms with van der Waals surface area (Å²) < 4.78 is 2.44. The van der Waals surface area contributed by atoms with Crippen molar-refractivity contribution in [3.8, 4) is 27.9 Å². The Labute approximate surface area is 373 Å². The van der Waals surface area contributed by atoms with Crippen molar-refractivity contribution in [1.29, 1.82) is 0 Å². The van der Waals surface area contributed by atoms with Crippen LogP contribution in [0, 0.1) is 0 Å². The first-order chi connectivity index (χ1) is 31.8. The first kappa shape index (κ1) is 36.3. The molecule has 0 aliphatic heterocycles. The van der Waals surface area contributed by atoms with Crippen LogP contribution in [0.15, 0.2) is 249 Å². The first-order valence-electron chi connectivity index (χ1n) is 22.1. The zero-order chi connectivity index (χ0) is 42.2. The summed E-state index contributed by atoms with van der Waals surface area (Å²) >= 11 is 0. The maximum absolute atomic E-state index is 2.46. The van der Waals surface area contributed by atoms with Gasteiger partial charge in [0.2, 0.25) is 0 Å². The maximum atomic E-state index is 2.46. The third-order valence-corrected chi connectivity index (χ3v) is 13.5. The third-order valence-electron chi connectivity index (χ3n) is 13.5. The van der Waals surface area contributed by atoms with Crippen LogP contribution in [0.1, 0.15) is 22.3 Å². The highest BCUT2D eigenvalue weighted by atomic mass is 15.2. The Hall–Kier alpha value is -8.40. The number of aromatic nitrogens is 1. The van der Waals surface area contributed by atoms with Crippen LogP contribution in [0.2, 0.25) is 0 Å². The molecule has 0 saturated carbocycles. The second kappa shape index (κ2) is 14.3. The SMILES string of the molecule is c1ccc(N(c2ccccc2)c2ccc3c(c2)-c2ccccc2C32c3ccccc3-c3cc(N(c4ccccc4)c4cccc5c6ccccc6n(-c6ccccc6)c45)ccc32)cc1. The Balaban J connectivity index is 1.04. The minimum Gasteiger partial charge on any atom is -0.310 e. The lowest BCUT2D eigenvalue weighted by atomic mass is 9.70. The monoisotopic (exact) mass is 815 g/mol. The lowest BCUT2D eigenvalue weighted by Gasteiger charge is -2.32.